The van der Waals surface area contributed by atoms with Crippen LogP contribution in [0.15, 0.2) is 17.8 Å². The van der Waals surface area contributed by atoms with Crippen LogP contribution in [0.2, 0.25) is 0 Å². The fourth-order valence-corrected chi connectivity index (χ4v) is 0.943. The van der Waals surface area contributed by atoms with Gasteiger partial charge in [-0.15, -0.1) is 0 Å². The maximum Gasteiger partial charge on any atom is 0.0945 e. The van der Waals surface area contributed by atoms with E-state index in [1.54, 1.807) is 12.3 Å². The summed E-state index contributed by atoms with van der Waals surface area (Å²) in [7, 11) is 1.91. The van der Waals surface area contributed by atoms with E-state index in [4.69, 9.17) is 0 Å². The fraction of sp³-hybridized carbons (Fsp3) is 0.667. The second-order valence-corrected chi connectivity index (χ2v) is 2.67. The quantitative estimate of drug-likeness (QED) is 0.346. The van der Waals surface area contributed by atoms with Gasteiger partial charge in [-0.2, -0.15) is 5.10 Å². The van der Waals surface area contributed by atoms with Crippen LogP contribution in [0.3, 0.4) is 0 Å². The van der Waals surface area contributed by atoms with Crippen molar-refractivity contribution in [3.63, 3.8) is 0 Å². The molecule has 2 N–H and O–H groups in total. The standard InChI is InChI=1S/C9H20N4/c1-5-7-12-13(6-2)9(3)11-8-10-4/h5,7,9-11H,1,6,8H2,2-4H3. The van der Waals surface area contributed by atoms with Crippen molar-refractivity contribution in [2.24, 2.45) is 5.10 Å². The monoisotopic (exact) mass is 184 g/mol. The molecular weight excluding hydrogens is 164 g/mol. The van der Waals surface area contributed by atoms with Gasteiger partial charge in [-0.05, 0) is 27.0 Å². The largest absolute Gasteiger partial charge is 0.308 e. The summed E-state index contributed by atoms with van der Waals surface area (Å²) in [5.74, 6) is 0. The van der Waals surface area contributed by atoms with Crippen LogP contribution in [0.1, 0.15) is 13.8 Å². The number of hydrogen-bond acceptors (Lipinski definition) is 4. The number of hydrazone groups is 1. The minimum Gasteiger partial charge on any atom is -0.308 e. The van der Waals surface area contributed by atoms with Crippen molar-refractivity contribution in [1.29, 1.82) is 0 Å². The van der Waals surface area contributed by atoms with E-state index in [1.165, 1.54) is 0 Å². The molecular formula is C9H20N4. The minimum absolute atomic E-state index is 0.230. The van der Waals surface area contributed by atoms with Gasteiger partial charge in [0.05, 0.1) is 6.17 Å². The first-order valence-corrected chi connectivity index (χ1v) is 4.55. The van der Waals surface area contributed by atoms with Crippen molar-refractivity contribution >= 4 is 6.21 Å². The first kappa shape index (κ1) is 12.1. The molecule has 0 aromatic heterocycles. The smallest absolute Gasteiger partial charge is 0.0945 e. The third-order valence-electron chi connectivity index (χ3n) is 1.67. The number of nitrogens with zero attached hydrogens (tertiary/aromatic N) is 2. The van der Waals surface area contributed by atoms with E-state index in [-0.39, 0.29) is 6.17 Å². The zero-order valence-corrected chi connectivity index (χ0v) is 8.75. The summed E-state index contributed by atoms with van der Waals surface area (Å²) in [5.41, 5.74) is 0. The molecule has 76 valence electrons. The molecule has 0 saturated carbocycles. The highest BCUT2D eigenvalue weighted by Gasteiger charge is 2.06. The lowest BCUT2D eigenvalue weighted by Crippen LogP contribution is -2.43. The highest BCUT2D eigenvalue weighted by molar-refractivity contribution is 5.69. The zero-order valence-electron chi connectivity index (χ0n) is 8.75. The average molecular weight is 184 g/mol. The van der Waals surface area contributed by atoms with Crippen molar-refractivity contribution in [3.05, 3.63) is 12.7 Å². The maximum absolute atomic E-state index is 4.21. The Kier molecular flexibility index (Phi) is 7.24. The molecule has 0 heterocycles. The van der Waals surface area contributed by atoms with Crippen molar-refractivity contribution in [2.45, 2.75) is 20.0 Å². The number of nitrogens with one attached hydrogen (secondary N) is 2. The van der Waals surface area contributed by atoms with E-state index < -0.39 is 0 Å². The second kappa shape index (κ2) is 7.76. The van der Waals surface area contributed by atoms with Gasteiger partial charge in [-0.1, -0.05) is 6.58 Å². The van der Waals surface area contributed by atoms with Gasteiger partial charge in [0.2, 0.25) is 0 Å². The molecule has 0 aromatic carbocycles. The Hall–Kier alpha value is -0.870. The zero-order chi connectivity index (χ0) is 10.1. The topological polar surface area (TPSA) is 39.7 Å². The molecule has 4 nitrogen and oxygen atoms in total. The molecule has 0 rings (SSSR count). The molecule has 1 unspecified atom stereocenters. The van der Waals surface area contributed by atoms with Crippen LogP contribution in [0.25, 0.3) is 0 Å². The van der Waals surface area contributed by atoms with Gasteiger partial charge in [0.1, 0.15) is 0 Å². The van der Waals surface area contributed by atoms with Gasteiger partial charge in [-0.25, -0.2) is 0 Å². The SMILES string of the molecule is C=CC=NN(CC)C(C)NCNC. The third kappa shape index (κ3) is 5.38. The Morgan fingerprint density at radius 2 is 2.31 bits per heavy atom. The summed E-state index contributed by atoms with van der Waals surface area (Å²) < 4.78 is 0. The lowest BCUT2D eigenvalue weighted by Gasteiger charge is -2.25. The first-order chi connectivity index (χ1) is 6.26. The molecule has 13 heavy (non-hydrogen) atoms. The molecule has 0 saturated heterocycles. The third-order valence-corrected chi connectivity index (χ3v) is 1.67. The van der Waals surface area contributed by atoms with Gasteiger partial charge in [-0.3, -0.25) is 10.3 Å². The Morgan fingerprint density at radius 3 is 2.77 bits per heavy atom. The Morgan fingerprint density at radius 1 is 1.62 bits per heavy atom. The van der Waals surface area contributed by atoms with Crippen LogP contribution in [-0.4, -0.2) is 37.7 Å². The van der Waals surface area contributed by atoms with Crippen LogP contribution in [0.5, 0.6) is 0 Å². The van der Waals surface area contributed by atoms with Gasteiger partial charge >= 0.3 is 0 Å². The van der Waals surface area contributed by atoms with Crippen LogP contribution in [0, 0.1) is 0 Å². The fourth-order valence-electron chi connectivity index (χ4n) is 0.943. The molecule has 0 spiro atoms. The van der Waals surface area contributed by atoms with E-state index in [2.05, 4.69) is 36.2 Å². The highest BCUT2D eigenvalue weighted by atomic mass is 15.5. The highest BCUT2D eigenvalue weighted by Crippen LogP contribution is 1.94. The molecule has 0 radical (unpaired) electrons. The van der Waals surface area contributed by atoms with Crippen molar-refractivity contribution in [2.75, 3.05) is 20.3 Å². The molecule has 4 heteroatoms. The lowest BCUT2D eigenvalue weighted by molar-refractivity contribution is 0.195. The van der Waals surface area contributed by atoms with Gasteiger partial charge in [0.25, 0.3) is 0 Å². The summed E-state index contributed by atoms with van der Waals surface area (Å²) in [6, 6.07) is 0. The van der Waals surface area contributed by atoms with Gasteiger partial charge < -0.3 is 5.32 Å². The summed E-state index contributed by atoms with van der Waals surface area (Å²) in [6.07, 6.45) is 3.60. The number of hydrogen-bond donors (Lipinski definition) is 2. The predicted octanol–water partition coefficient (Wildman–Crippen LogP) is 0.593. The molecule has 0 aromatic rings. The lowest BCUT2D eigenvalue weighted by atomic mass is 10.5. The van der Waals surface area contributed by atoms with Crippen LogP contribution in [-0.2, 0) is 0 Å². The molecule has 0 bridgehead atoms. The number of rotatable bonds is 7. The van der Waals surface area contributed by atoms with E-state index in [1.807, 2.05) is 12.1 Å². The van der Waals surface area contributed by atoms with Crippen LogP contribution >= 0.6 is 0 Å². The normalized spacial score (nSPS) is 13.2. The van der Waals surface area contributed by atoms with E-state index in [0.717, 1.165) is 13.2 Å². The van der Waals surface area contributed by atoms with Crippen molar-refractivity contribution in [3.8, 4) is 0 Å². The van der Waals surface area contributed by atoms with E-state index in [9.17, 15) is 0 Å². The van der Waals surface area contributed by atoms with Gasteiger partial charge in [0.15, 0.2) is 0 Å². The Balaban J connectivity index is 3.90. The Bertz CT molecular complexity index is 156. The summed E-state index contributed by atoms with van der Waals surface area (Å²) >= 11 is 0. The maximum atomic E-state index is 4.21. The summed E-state index contributed by atoms with van der Waals surface area (Å²) in [6.45, 7) is 9.37. The first-order valence-electron chi connectivity index (χ1n) is 4.55. The molecule has 1 atom stereocenters. The summed E-state index contributed by atoms with van der Waals surface area (Å²) in [5, 5.41) is 12.5. The summed E-state index contributed by atoms with van der Waals surface area (Å²) in [4.78, 5) is 0. The van der Waals surface area contributed by atoms with Crippen molar-refractivity contribution < 1.29 is 0 Å². The second-order valence-electron chi connectivity index (χ2n) is 2.67. The molecule has 0 aliphatic carbocycles. The minimum atomic E-state index is 0.230. The van der Waals surface area contributed by atoms with Crippen molar-refractivity contribution in [1.82, 2.24) is 15.6 Å². The van der Waals surface area contributed by atoms with E-state index >= 15 is 0 Å². The van der Waals surface area contributed by atoms with Crippen LogP contribution in [0.4, 0.5) is 0 Å². The predicted molar refractivity (Wildman–Crippen MR) is 57.6 cm³/mol. The molecule has 0 aliphatic heterocycles. The van der Waals surface area contributed by atoms with Gasteiger partial charge in [0, 0.05) is 19.4 Å². The molecule has 0 amide bonds. The van der Waals surface area contributed by atoms with E-state index in [0.29, 0.717) is 0 Å². The van der Waals surface area contributed by atoms with Crippen LogP contribution < -0.4 is 10.6 Å². The number of allylic oxidation sites excluding steroid dienone is 1. The molecule has 0 fully saturated rings. The molecule has 0 aliphatic rings. The average Bonchev–Trinajstić information content (AvgIpc) is 2.16. The Labute approximate surface area is 80.7 Å².